The molecule has 1 aliphatic heterocycles. The predicted octanol–water partition coefficient (Wildman–Crippen LogP) is 0.150. The zero-order chi connectivity index (χ0) is 12.0. The molecule has 0 bridgehead atoms. The van der Waals surface area contributed by atoms with Crippen molar-refractivity contribution in [3.63, 3.8) is 0 Å². The molecule has 0 aromatic rings. The first-order chi connectivity index (χ1) is 7.63. The van der Waals surface area contributed by atoms with E-state index in [2.05, 4.69) is 5.32 Å². The number of methoxy groups -OCH3 is 1. The molecule has 1 rings (SSSR count). The van der Waals surface area contributed by atoms with E-state index in [1.54, 1.807) is 7.11 Å². The minimum absolute atomic E-state index is 0.00385. The van der Waals surface area contributed by atoms with E-state index < -0.39 is 0 Å². The molecule has 5 nitrogen and oxygen atoms in total. The van der Waals surface area contributed by atoms with Gasteiger partial charge < -0.3 is 15.0 Å². The first kappa shape index (κ1) is 13.0. The number of carbonyl (C=O) groups is 2. The van der Waals surface area contributed by atoms with Crippen LogP contribution in [0.5, 0.6) is 0 Å². The smallest absolute Gasteiger partial charge is 0.224 e. The molecule has 0 aromatic carbocycles. The van der Waals surface area contributed by atoms with Crippen LogP contribution >= 0.6 is 0 Å². The zero-order valence-electron chi connectivity index (χ0n) is 9.99. The first-order valence-corrected chi connectivity index (χ1v) is 5.67. The van der Waals surface area contributed by atoms with Crippen LogP contribution in [0.2, 0.25) is 0 Å². The van der Waals surface area contributed by atoms with Crippen molar-refractivity contribution in [1.82, 2.24) is 10.2 Å². The van der Waals surface area contributed by atoms with Crippen LogP contribution in [0.1, 0.15) is 26.2 Å². The molecule has 0 aliphatic carbocycles. The molecule has 1 N–H and O–H groups in total. The number of amides is 2. The lowest BCUT2D eigenvalue weighted by Gasteiger charge is -2.32. The second kappa shape index (κ2) is 6.48. The van der Waals surface area contributed by atoms with E-state index in [1.165, 1.54) is 6.92 Å². The van der Waals surface area contributed by atoms with E-state index in [9.17, 15) is 9.59 Å². The van der Waals surface area contributed by atoms with Gasteiger partial charge in [-0.3, -0.25) is 9.59 Å². The van der Waals surface area contributed by atoms with Crippen LogP contribution in [-0.2, 0) is 14.3 Å². The molecule has 1 heterocycles. The van der Waals surface area contributed by atoms with Crippen molar-refractivity contribution in [3.05, 3.63) is 0 Å². The van der Waals surface area contributed by atoms with Crippen molar-refractivity contribution in [2.75, 3.05) is 26.8 Å². The highest BCUT2D eigenvalue weighted by Crippen LogP contribution is 2.11. The Balaban J connectivity index is 2.25. The molecule has 5 heteroatoms. The van der Waals surface area contributed by atoms with Gasteiger partial charge in [-0.1, -0.05) is 0 Å². The normalized spacial score (nSPS) is 17.2. The van der Waals surface area contributed by atoms with Gasteiger partial charge in [0.1, 0.15) is 0 Å². The molecule has 1 fully saturated rings. The number of rotatable bonds is 4. The molecule has 2 amide bonds. The number of likely N-dealkylation sites (tertiary alicyclic amines) is 1. The quantitative estimate of drug-likeness (QED) is 0.745. The van der Waals surface area contributed by atoms with Gasteiger partial charge in [-0.2, -0.15) is 0 Å². The van der Waals surface area contributed by atoms with E-state index in [1.807, 2.05) is 4.90 Å². The van der Waals surface area contributed by atoms with Gasteiger partial charge in [0.25, 0.3) is 0 Å². The summed E-state index contributed by atoms with van der Waals surface area (Å²) in [6.07, 6.45) is 2.14. The molecule has 1 saturated heterocycles. The van der Waals surface area contributed by atoms with E-state index in [0.717, 1.165) is 25.9 Å². The largest absolute Gasteiger partial charge is 0.384 e. The van der Waals surface area contributed by atoms with Crippen LogP contribution in [0.3, 0.4) is 0 Å². The highest BCUT2D eigenvalue weighted by Gasteiger charge is 2.22. The summed E-state index contributed by atoms with van der Waals surface area (Å²) in [6.45, 7) is 3.46. The van der Waals surface area contributed by atoms with E-state index in [0.29, 0.717) is 13.0 Å². The second-order valence-corrected chi connectivity index (χ2v) is 4.10. The van der Waals surface area contributed by atoms with Gasteiger partial charge in [-0.15, -0.1) is 0 Å². The average Bonchev–Trinajstić information content (AvgIpc) is 2.26. The Morgan fingerprint density at radius 3 is 2.50 bits per heavy atom. The van der Waals surface area contributed by atoms with Gasteiger partial charge in [-0.25, -0.2) is 0 Å². The fraction of sp³-hybridized carbons (Fsp3) is 0.818. The summed E-state index contributed by atoms with van der Waals surface area (Å²) in [5.41, 5.74) is 0. The first-order valence-electron chi connectivity index (χ1n) is 5.67. The van der Waals surface area contributed by atoms with Crippen LogP contribution in [-0.4, -0.2) is 49.6 Å². The molecule has 16 heavy (non-hydrogen) atoms. The third-order valence-corrected chi connectivity index (χ3v) is 2.78. The number of nitrogens with zero attached hydrogens (tertiary/aromatic N) is 1. The molecular formula is C11H20N2O3. The summed E-state index contributed by atoms with van der Waals surface area (Å²) in [4.78, 5) is 24.3. The Kier molecular flexibility index (Phi) is 5.25. The Hall–Kier alpha value is -1.10. The Morgan fingerprint density at radius 1 is 1.38 bits per heavy atom. The molecule has 0 spiro atoms. The molecule has 0 aromatic heterocycles. The highest BCUT2D eigenvalue weighted by atomic mass is 16.5. The fourth-order valence-electron chi connectivity index (χ4n) is 1.91. The monoisotopic (exact) mass is 228 g/mol. The van der Waals surface area contributed by atoms with Crippen molar-refractivity contribution in [3.8, 4) is 0 Å². The Bertz CT molecular complexity index is 248. The van der Waals surface area contributed by atoms with Gasteiger partial charge in [0.2, 0.25) is 11.8 Å². The number of carbonyl (C=O) groups excluding carboxylic acids is 2. The van der Waals surface area contributed by atoms with Gasteiger partial charge in [-0.05, 0) is 12.8 Å². The molecule has 92 valence electrons. The molecular weight excluding hydrogens is 208 g/mol. The standard InChI is InChI=1S/C11H20N2O3/c1-9(14)12-10-3-6-13(7-4-10)11(15)5-8-16-2/h10H,3-8H2,1-2H3,(H,12,14). The fourth-order valence-corrected chi connectivity index (χ4v) is 1.91. The highest BCUT2D eigenvalue weighted by molar-refractivity contribution is 5.76. The summed E-state index contributed by atoms with van der Waals surface area (Å²) in [6, 6.07) is 0.226. The van der Waals surface area contributed by atoms with Crippen LogP contribution in [0.4, 0.5) is 0 Å². The van der Waals surface area contributed by atoms with Crippen molar-refractivity contribution < 1.29 is 14.3 Å². The van der Waals surface area contributed by atoms with Crippen molar-refractivity contribution in [1.29, 1.82) is 0 Å². The maximum Gasteiger partial charge on any atom is 0.224 e. The van der Waals surface area contributed by atoms with Gasteiger partial charge in [0.15, 0.2) is 0 Å². The van der Waals surface area contributed by atoms with Crippen LogP contribution < -0.4 is 5.32 Å². The van der Waals surface area contributed by atoms with Gasteiger partial charge in [0.05, 0.1) is 13.0 Å². The molecule has 0 saturated carbocycles. The lowest BCUT2D eigenvalue weighted by atomic mass is 10.0. The molecule has 0 atom stereocenters. The number of nitrogens with one attached hydrogen (secondary N) is 1. The number of ether oxygens (including phenoxy) is 1. The predicted molar refractivity (Wildman–Crippen MR) is 59.9 cm³/mol. The van der Waals surface area contributed by atoms with Crippen LogP contribution in [0.25, 0.3) is 0 Å². The maximum atomic E-state index is 11.6. The van der Waals surface area contributed by atoms with Gasteiger partial charge in [0, 0.05) is 33.2 Å². The summed E-state index contributed by atoms with van der Waals surface area (Å²) in [7, 11) is 1.59. The summed E-state index contributed by atoms with van der Waals surface area (Å²) >= 11 is 0. The topological polar surface area (TPSA) is 58.6 Å². The van der Waals surface area contributed by atoms with Crippen molar-refractivity contribution in [2.45, 2.75) is 32.2 Å². The maximum absolute atomic E-state index is 11.6. The summed E-state index contributed by atoms with van der Waals surface area (Å²) < 4.78 is 4.87. The molecule has 0 radical (unpaired) electrons. The number of hydrogen-bond donors (Lipinski definition) is 1. The summed E-state index contributed by atoms with van der Waals surface area (Å²) in [5, 5.41) is 2.88. The van der Waals surface area contributed by atoms with E-state index in [-0.39, 0.29) is 17.9 Å². The lowest BCUT2D eigenvalue weighted by Crippen LogP contribution is -2.46. The van der Waals surface area contributed by atoms with Crippen molar-refractivity contribution in [2.24, 2.45) is 0 Å². The third-order valence-electron chi connectivity index (χ3n) is 2.78. The number of piperidine rings is 1. The lowest BCUT2D eigenvalue weighted by molar-refractivity contribution is -0.133. The van der Waals surface area contributed by atoms with Crippen molar-refractivity contribution >= 4 is 11.8 Å². The Morgan fingerprint density at radius 2 is 2.00 bits per heavy atom. The second-order valence-electron chi connectivity index (χ2n) is 4.10. The van der Waals surface area contributed by atoms with Gasteiger partial charge >= 0.3 is 0 Å². The molecule has 1 aliphatic rings. The third kappa shape index (κ3) is 4.18. The van der Waals surface area contributed by atoms with Crippen LogP contribution in [0, 0.1) is 0 Å². The average molecular weight is 228 g/mol. The minimum Gasteiger partial charge on any atom is -0.384 e. The van der Waals surface area contributed by atoms with Crippen LogP contribution in [0.15, 0.2) is 0 Å². The number of hydrogen-bond acceptors (Lipinski definition) is 3. The SMILES string of the molecule is COCCC(=O)N1CCC(NC(C)=O)CC1. The summed E-state index contributed by atoms with van der Waals surface area (Å²) in [5.74, 6) is 0.146. The zero-order valence-corrected chi connectivity index (χ0v) is 9.99. The Labute approximate surface area is 96.1 Å². The minimum atomic E-state index is 0.00385. The van der Waals surface area contributed by atoms with E-state index >= 15 is 0 Å². The van der Waals surface area contributed by atoms with E-state index in [4.69, 9.17) is 4.74 Å². The molecule has 0 unspecified atom stereocenters.